The van der Waals surface area contributed by atoms with E-state index in [1.54, 1.807) is 11.8 Å². The molecule has 0 aromatic heterocycles. The van der Waals surface area contributed by atoms with E-state index in [2.05, 4.69) is 6.92 Å². The molecule has 3 N–H and O–H groups in total. The molecule has 15 heavy (non-hydrogen) atoms. The van der Waals surface area contributed by atoms with Gasteiger partial charge in [0.1, 0.15) is 0 Å². The van der Waals surface area contributed by atoms with Crippen LogP contribution in [0, 0.1) is 0 Å². The summed E-state index contributed by atoms with van der Waals surface area (Å²) >= 11 is 1.78. The standard InChI is InChI=1S/C12H19NOS/c1-8(14)9(2)15-10(3)11-4-6-12(13)7-5-11/h4-10,14H,13H2,1-3H3. The van der Waals surface area contributed by atoms with Gasteiger partial charge in [0.25, 0.3) is 0 Å². The minimum atomic E-state index is -0.272. The molecule has 3 unspecified atom stereocenters. The van der Waals surface area contributed by atoms with Crippen LogP contribution in [0.3, 0.4) is 0 Å². The summed E-state index contributed by atoms with van der Waals surface area (Å²) in [6.07, 6.45) is -0.272. The third-order valence-electron chi connectivity index (χ3n) is 2.50. The van der Waals surface area contributed by atoms with Gasteiger partial charge in [0.15, 0.2) is 0 Å². The van der Waals surface area contributed by atoms with Crippen LogP contribution in [0.2, 0.25) is 0 Å². The summed E-state index contributed by atoms with van der Waals surface area (Å²) in [5.41, 5.74) is 7.67. The van der Waals surface area contributed by atoms with Crippen molar-refractivity contribution in [3.05, 3.63) is 29.8 Å². The lowest BCUT2D eigenvalue weighted by molar-refractivity contribution is 0.196. The van der Waals surface area contributed by atoms with Crippen molar-refractivity contribution in [3.8, 4) is 0 Å². The summed E-state index contributed by atoms with van der Waals surface area (Å²) in [5.74, 6) is 0. The van der Waals surface area contributed by atoms with E-state index in [0.717, 1.165) is 5.69 Å². The average Bonchev–Trinajstić information content (AvgIpc) is 2.18. The van der Waals surface area contributed by atoms with Crippen molar-refractivity contribution in [2.24, 2.45) is 0 Å². The van der Waals surface area contributed by atoms with Crippen molar-refractivity contribution in [1.29, 1.82) is 0 Å². The molecule has 0 bridgehead atoms. The molecule has 0 radical (unpaired) electrons. The van der Waals surface area contributed by atoms with Gasteiger partial charge in [-0.3, -0.25) is 0 Å². The molecule has 0 saturated heterocycles. The van der Waals surface area contributed by atoms with Crippen LogP contribution in [0.1, 0.15) is 31.6 Å². The Labute approximate surface area is 95.9 Å². The monoisotopic (exact) mass is 225 g/mol. The Balaban J connectivity index is 2.61. The molecule has 0 aliphatic rings. The average molecular weight is 225 g/mol. The first kappa shape index (κ1) is 12.4. The molecule has 0 saturated carbocycles. The second-order valence-electron chi connectivity index (χ2n) is 3.89. The largest absolute Gasteiger partial charge is 0.399 e. The van der Waals surface area contributed by atoms with Crippen LogP contribution in [0.15, 0.2) is 24.3 Å². The maximum Gasteiger partial charge on any atom is 0.0628 e. The number of rotatable bonds is 4. The second kappa shape index (κ2) is 5.42. The van der Waals surface area contributed by atoms with Crippen LogP contribution in [0.5, 0.6) is 0 Å². The molecular formula is C12H19NOS. The van der Waals surface area contributed by atoms with Gasteiger partial charge in [0, 0.05) is 16.2 Å². The topological polar surface area (TPSA) is 46.2 Å². The maximum atomic E-state index is 9.42. The Kier molecular flexibility index (Phi) is 4.48. The molecule has 0 spiro atoms. The molecule has 1 aromatic carbocycles. The van der Waals surface area contributed by atoms with Gasteiger partial charge in [-0.2, -0.15) is 0 Å². The molecule has 0 aliphatic carbocycles. The number of nitrogens with two attached hydrogens (primary N) is 1. The SMILES string of the molecule is CC(SC(C)C(C)O)c1ccc(N)cc1. The van der Waals surface area contributed by atoms with Gasteiger partial charge < -0.3 is 10.8 Å². The second-order valence-corrected chi connectivity index (χ2v) is 5.61. The first-order chi connectivity index (χ1) is 7.00. The number of aliphatic hydroxyl groups excluding tert-OH is 1. The fourth-order valence-corrected chi connectivity index (χ4v) is 2.47. The normalized spacial score (nSPS) is 17.1. The number of anilines is 1. The number of benzene rings is 1. The van der Waals surface area contributed by atoms with Gasteiger partial charge in [0.2, 0.25) is 0 Å². The molecule has 1 aromatic rings. The third kappa shape index (κ3) is 3.76. The van der Waals surface area contributed by atoms with E-state index in [0.29, 0.717) is 5.25 Å². The fraction of sp³-hybridized carbons (Fsp3) is 0.500. The van der Waals surface area contributed by atoms with Gasteiger partial charge in [-0.05, 0) is 31.5 Å². The first-order valence-electron chi connectivity index (χ1n) is 5.19. The van der Waals surface area contributed by atoms with E-state index in [1.807, 2.05) is 38.1 Å². The fourth-order valence-electron chi connectivity index (χ4n) is 1.28. The van der Waals surface area contributed by atoms with Crippen LogP contribution in [0.25, 0.3) is 0 Å². The van der Waals surface area contributed by atoms with Crippen molar-refractivity contribution in [3.63, 3.8) is 0 Å². The van der Waals surface area contributed by atoms with E-state index >= 15 is 0 Å². The van der Waals surface area contributed by atoms with E-state index < -0.39 is 0 Å². The summed E-state index contributed by atoms with van der Waals surface area (Å²) in [7, 11) is 0. The lowest BCUT2D eigenvalue weighted by Gasteiger charge is -2.19. The molecule has 84 valence electrons. The van der Waals surface area contributed by atoms with Crippen LogP contribution in [-0.2, 0) is 0 Å². The van der Waals surface area contributed by atoms with Gasteiger partial charge in [-0.1, -0.05) is 19.1 Å². The van der Waals surface area contributed by atoms with E-state index in [4.69, 9.17) is 5.73 Å². The Bertz CT molecular complexity index is 297. The van der Waals surface area contributed by atoms with E-state index in [1.165, 1.54) is 5.56 Å². The van der Waals surface area contributed by atoms with Crippen LogP contribution in [0.4, 0.5) is 5.69 Å². The van der Waals surface area contributed by atoms with Crippen molar-refractivity contribution in [1.82, 2.24) is 0 Å². The lowest BCUT2D eigenvalue weighted by atomic mass is 10.1. The van der Waals surface area contributed by atoms with Crippen molar-refractivity contribution in [2.45, 2.75) is 37.4 Å². The smallest absolute Gasteiger partial charge is 0.0628 e. The molecule has 0 amide bonds. The van der Waals surface area contributed by atoms with Gasteiger partial charge >= 0.3 is 0 Å². The van der Waals surface area contributed by atoms with Crippen molar-refractivity contribution >= 4 is 17.4 Å². The Morgan fingerprint density at radius 1 is 1.13 bits per heavy atom. The molecule has 0 heterocycles. The predicted molar refractivity (Wildman–Crippen MR) is 68.0 cm³/mol. The summed E-state index contributed by atoms with van der Waals surface area (Å²) < 4.78 is 0. The number of thioether (sulfide) groups is 1. The highest BCUT2D eigenvalue weighted by atomic mass is 32.2. The zero-order valence-corrected chi connectivity index (χ0v) is 10.3. The van der Waals surface area contributed by atoms with E-state index in [-0.39, 0.29) is 11.4 Å². The highest BCUT2D eigenvalue weighted by Gasteiger charge is 2.14. The van der Waals surface area contributed by atoms with Crippen molar-refractivity contribution < 1.29 is 5.11 Å². The summed E-state index contributed by atoms with van der Waals surface area (Å²) in [4.78, 5) is 0. The number of nitrogen functional groups attached to an aromatic ring is 1. The molecule has 3 atom stereocenters. The van der Waals surface area contributed by atoms with Gasteiger partial charge in [-0.15, -0.1) is 11.8 Å². The zero-order valence-electron chi connectivity index (χ0n) is 9.47. The first-order valence-corrected chi connectivity index (χ1v) is 6.14. The molecular weight excluding hydrogens is 206 g/mol. The minimum Gasteiger partial charge on any atom is -0.399 e. The molecule has 3 heteroatoms. The van der Waals surface area contributed by atoms with Crippen LogP contribution in [-0.4, -0.2) is 16.5 Å². The molecule has 1 rings (SSSR count). The number of hydrogen-bond donors (Lipinski definition) is 2. The Morgan fingerprint density at radius 2 is 1.67 bits per heavy atom. The van der Waals surface area contributed by atoms with E-state index in [9.17, 15) is 5.11 Å². The molecule has 0 aliphatic heterocycles. The third-order valence-corrected chi connectivity index (χ3v) is 4.01. The Morgan fingerprint density at radius 3 is 2.13 bits per heavy atom. The minimum absolute atomic E-state index is 0.248. The van der Waals surface area contributed by atoms with Crippen LogP contribution >= 0.6 is 11.8 Å². The molecule has 0 fully saturated rings. The quantitative estimate of drug-likeness (QED) is 0.775. The summed E-state index contributed by atoms with van der Waals surface area (Å²) in [5, 5.41) is 10.1. The number of aliphatic hydroxyl groups is 1. The van der Waals surface area contributed by atoms with Crippen molar-refractivity contribution in [2.75, 3.05) is 5.73 Å². The zero-order chi connectivity index (χ0) is 11.4. The highest BCUT2D eigenvalue weighted by molar-refractivity contribution is 8.00. The highest BCUT2D eigenvalue weighted by Crippen LogP contribution is 2.33. The van der Waals surface area contributed by atoms with Gasteiger partial charge in [-0.25, -0.2) is 0 Å². The predicted octanol–water partition coefficient (Wildman–Crippen LogP) is 2.83. The van der Waals surface area contributed by atoms with Crippen LogP contribution < -0.4 is 5.73 Å². The maximum absolute atomic E-state index is 9.42. The number of hydrogen-bond acceptors (Lipinski definition) is 3. The van der Waals surface area contributed by atoms with Gasteiger partial charge in [0.05, 0.1) is 6.10 Å². The summed E-state index contributed by atoms with van der Waals surface area (Å²) in [6, 6.07) is 7.92. The molecule has 2 nitrogen and oxygen atoms in total. The lowest BCUT2D eigenvalue weighted by Crippen LogP contribution is -2.16. The summed E-state index contributed by atoms with van der Waals surface area (Å²) in [6.45, 7) is 6.02. The Hall–Kier alpha value is -0.670.